The predicted octanol–water partition coefficient (Wildman–Crippen LogP) is -0.102. The molecule has 0 unspecified atom stereocenters. The van der Waals surface area contributed by atoms with Gasteiger partial charge in [0.1, 0.15) is 0 Å². The first kappa shape index (κ1) is 8.27. The van der Waals surface area contributed by atoms with Crippen LogP contribution in [0.5, 0.6) is 0 Å². The van der Waals surface area contributed by atoms with Gasteiger partial charge in [-0.15, -0.1) is 6.58 Å². The second kappa shape index (κ2) is 4.13. The molecule has 11 heavy (non-hydrogen) atoms. The molecule has 0 aromatic heterocycles. The monoisotopic (exact) mass is 154 g/mol. The van der Waals surface area contributed by atoms with E-state index in [1.54, 1.807) is 6.08 Å². The van der Waals surface area contributed by atoms with E-state index in [1.807, 2.05) is 0 Å². The van der Waals surface area contributed by atoms with E-state index >= 15 is 0 Å². The highest BCUT2D eigenvalue weighted by Crippen LogP contribution is 2.06. The van der Waals surface area contributed by atoms with Gasteiger partial charge < -0.3 is 10.6 Å². The summed E-state index contributed by atoms with van der Waals surface area (Å²) < 4.78 is 0. The maximum absolute atomic E-state index is 11.0. The van der Waals surface area contributed by atoms with Gasteiger partial charge in [0.2, 0.25) is 5.91 Å². The average Bonchev–Trinajstić information content (AvgIpc) is 1.93. The smallest absolute Gasteiger partial charge is 0.220 e. The molecule has 1 amide bonds. The van der Waals surface area contributed by atoms with Crippen LogP contribution >= 0.6 is 0 Å². The zero-order chi connectivity index (χ0) is 8.10. The van der Waals surface area contributed by atoms with Crippen molar-refractivity contribution in [3.63, 3.8) is 0 Å². The van der Waals surface area contributed by atoms with Gasteiger partial charge in [-0.05, 0) is 19.0 Å². The quantitative estimate of drug-likeness (QED) is 0.555. The highest BCUT2D eigenvalue weighted by Gasteiger charge is 2.19. The summed E-state index contributed by atoms with van der Waals surface area (Å²) in [5.74, 6) is 0.691. The van der Waals surface area contributed by atoms with Crippen LogP contribution in [-0.4, -0.2) is 25.5 Å². The number of carbonyl (C=O) groups excluding carboxylic acids is 1. The lowest BCUT2D eigenvalue weighted by Crippen LogP contribution is -2.44. The lowest BCUT2D eigenvalue weighted by molar-refractivity contribution is -0.122. The van der Waals surface area contributed by atoms with Crippen molar-refractivity contribution >= 4 is 5.91 Å². The highest BCUT2D eigenvalue weighted by atomic mass is 16.1. The molecule has 0 aliphatic carbocycles. The Bertz CT molecular complexity index is 152. The van der Waals surface area contributed by atoms with E-state index in [-0.39, 0.29) is 5.91 Å². The van der Waals surface area contributed by atoms with Crippen LogP contribution in [0.1, 0.15) is 6.42 Å². The first-order valence-electron chi connectivity index (χ1n) is 3.91. The van der Waals surface area contributed by atoms with Crippen LogP contribution in [0.15, 0.2) is 12.7 Å². The maximum atomic E-state index is 11.0. The van der Waals surface area contributed by atoms with E-state index in [1.165, 1.54) is 0 Å². The SMILES string of the molecule is C=CCNC(=O)CC1CNC1. The van der Waals surface area contributed by atoms with Crippen LogP contribution in [0.4, 0.5) is 0 Å². The van der Waals surface area contributed by atoms with Crippen LogP contribution < -0.4 is 10.6 Å². The van der Waals surface area contributed by atoms with Crippen molar-refractivity contribution in [2.24, 2.45) is 5.92 Å². The Morgan fingerprint density at radius 2 is 2.45 bits per heavy atom. The van der Waals surface area contributed by atoms with Crippen molar-refractivity contribution in [1.82, 2.24) is 10.6 Å². The second-order valence-corrected chi connectivity index (χ2v) is 2.82. The molecule has 1 heterocycles. The Morgan fingerprint density at radius 1 is 1.73 bits per heavy atom. The van der Waals surface area contributed by atoms with Gasteiger partial charge in [0.15, 0.2) is 0 Å². The third-order valence-electron chi connectivity index (χ3n) is 1.78. The largest absolute Gasteiger partial charge is 0.353 e. The molecule has 0 aromatic carbocycles. The first-order chi connectivity index (χ1) is 5.33. The van der Waals surface area contributed by atoms with Gasteiger partial charge >= 0.3 is 0 Å². The Hall–Kier alpha value is -0.830. The van der Waals surface area contributed by atoms with Gasteiger partial charge in [-0.2, -0.15) is 0 Å². The van der Waals surface area contributed by atoms with Crippen molar-refractivity contribution in [3.05, 3.63) is 12.7 Å². The van der Waals surface area contributed by atoms with Gasteiger partial charge in [0.25, 0.3) is 0 Å². The minimum Gasteiger partial charge on any atom is -0.353 e. The van der Waals surface area contributed by atoms with Crippen molar-refractivity contribution in [3.8, 4) is 0 Å². The molecule has 3 nitrogen and oxygen atoms in total. The molecule has 0 radical (unpaired) electrons. The van der Waals surface area contributed by atoms with Crippen LogP contribution in [0, 0.1) is 5.92 Å². The zero-order valence-electron chi connectivity index (χ0n) is 6.60. The summed E-state index contributed by atoms with van der Waals surface area (Å²) in [5, 5.41) is 5.87. The molecule has 1 aliphatic heterocycles. The molecule has 1 rings (SSSR count). The van der Waals surface area contributed by atoms with Crippen molar-refractivity contribution in [2.45, 2.75) is 6.42 Å². The minimum absolute atomic E-state index is 0.136. The normalized spacial score (nSPS) is 17.1. The molecule has 0 saturated carbocycles. The van der Waals surface area contributed by atoms with Crippen LogP contribution in [0.2, 0.25) is 0 Å². The number of nitrogens with one attached hydrogen (secondary N) is 2. The molecular weight excluding hydrogens is 140 g/mol. The Labute approximate surface area is 66.9 Å². The molecule has 3 heteroatoms. The fourth-order valence-electron chi connectivity index (χ4n) is 1.01. The highest BCUT2D eigenvalue weighted by molar-refractivity contribution is 5.76. The Kier molecular flexibility index (Phi) is 3.11. The summed E-state index contributed by atoms with van der Waals surface area (Å²) >= 11 is 0. The Balaban J connectivity index is 2.04. The molecule has 0 spiro atoms. The van der Waals surface area contributed by atoms with E-state index < -0.39 is 0 Å². The summed E-state index contributed by atoms with van der Waals surface area (Å²) in [4.78, 5) is 11.0. The lowest BCUT2D eigenvalue weighted by Gasteiger charge is -2.26. The third-order valence-corrected chi connectivity index (χ3v) is 1.78. The zero-order valence-corrected chi connectivity index (χ0v) is 6.60. The van der Waals surface area contributed by atoms with Gasteiger partial charge in [-0.1, -0.05) is 6.08 Å². The minimum atomic E-state index is 0.136. The molecule has 1 fully saturated rings. The van der Waals surface area contributed by atoms with Crippen LogP contribution in [0.3, 0.4) is 0 Å². The van der Waals surface area contributed by atoms with E-state index in [0.29, 0.717) is 18.9 Å². The molecule has 1 saturated heterocycles. The van der Waals surface area contributed by atoms with E-state index in [9.17, 15) is 4.79 Å². The summed E-state index contributed by atoms with van der Waals surface area (Å²) in [7, 11) is 0. The number of amides is 1. The summed E-state index contributed by atoms with van der Waals surface area (Å²) in [5.41, 5.74) is 0. The van der Waals surface area contributed by atoms with Crippen molar-refractivity contribution < 1.29 is 4.79 Å². The second-order valence-electron chi connectivity index (χ2n) is 2.82. The number of rotatable bonds is 4. The van der Waals surface area contributed by atoms with Gasteiger partial charge in [-0.3, -0.25) is 4.79 Å². The number of carbonyl (C=O) groups is 1. The maximum Gasteiger partial charge on any atom is 0.220 e. The lowest BCUT2D eigenvalue weighted by atomic mass is 9.99. The average molecular weight is 154 g/mol. The molecule has 1 aliphatic rings. The molecule has 2 N–H and O–H groups in total. The molecular formula is C8H14N2O. The topological polar surface area (TPSA) is 41.1 Å². The van der Waals surface area contributed by atoms with Gasteiger partial charge in [0, 0.05) is 13.0 Å². The molecule has 0 atom stereocenters. The van der Waals surface area contributed by atoms with Gasteiger partial charge in [0.05, 0.1) is 0 Å². The van der Waals surface area contributed by atoms with E-state index in [2.05, 4.69) is 17.2 Å². The summed E-state index contributed by atoms with van der Waals surface area (Å²) in [6.45, 7) is 6.08. The molecule has 62 valence electrons. The predicted molar refractivity (Wildman–Crippen MR) is 44.2 cm³/mol. The molecule has 0 aromatic rings. The van der Waals surface area contributed by atoms with Crippen molar-refractivity contribution in [1.29, 1.82) is 0 Å². The van der Waals surface area contributed by atoms with E-state index in [4.69, 9.17) is 0 Å². The fourth-order valence-corrected chi connectivity index (χ4v) is 1.01. The van der Waals surface area contributed by atoms with Crippen molar-refractivity contribution in [2.75, 3.05) is 19.6 Å². The number of hydrogen-bond donors (Lipinski definition) is 2. The summed E-state index contributed by atoms with van der Waals surface area (Å²) in [6.07, 6.45) is 2.35. The van der Waals surface area contributed by atoms with E-state index in [0.717, 1.165) is 13.1 Å². The number of hydrogen-bond acceptors (Lipinski definition) is 2. The summed E-state index contributed by atoms with van der Waals surface area (Å²) in [6, 6.07) is 0. The van der Waals surface area contributed by atoms with Crippen LogP contribution in [-0.2, 0) is 4.79 Å². The van der Waals surface area contributed by atoms with Gasteiger partial charge in [-0.25, -0.2) is 0 Å². The van der Waals surface area contributed by atoms with Crippen LogP contribution in [0.25, 0.3) is 0 Å². The Morgan fingerprint density at radius 3 is 2.91 bits per heavy atom. The molecule has 0 bridgehead atoms. The first-order valence-corrected chi connectivity index (χ1v) is 3.91. The third kappa shape index (κ3) is 2.72. The fraction of sp³-hybridized carbons (Fsp3) is 0.625. The standard InChI is InChI=1S/C8H14N2O/c1-2-3-10-8(11)4-7-5-9-6-7/h2,7,9H,1,3-6H2,(H,10,11).